The molecule has 0 aromatic heterocycles. The molecule has 1 aromatic rings. The number of hydrogen-bond donors (Lipinski definition) is 1. The van der Waals surface area contributed by atoms with Crippen LogP contribution in [-0.2, 0) is 11.1 Å². The topological polar surface area (TPSA) is 12.0 Å². The summed E-state index contributed by atoms with van der Waals surface area (Å²) in [5, 5.41) is 4.19. The third kappa shape index (κ3) is 2.90. The Morgan fingerprint density at radius 3 is 1.29 bits per heavy atom. The van der Waals surface area contributed by atoms with Crippen LogP contribution >= 0.6 is 0 Å². The highest BCUT2D eigenvalue weighted by atomic mass is 15.1. The van der Waals surface area contributed by atoms with Gasteiger partial charge in [0.2, 0.25) is 0 Å². The highest BCUT2D eigenvalue weighted by molar-refractivity contribution is 5.44. The first-order valence-corrected chi connectivity index (χ1v) is 9.07. The zero-order valence-electron chi connectivity index (χ0n) is 14.5. The van der Waals surface area contributed by atoms with Crippen molar-refractivity contribution in [2.75, 3.05) is 0 Å². The van der Waals surface area contributed by atoms with Gasteiger partial charge in [-0.05, 0) is 36.8 Å². The number of rotatable bonds is 8. The molecule has 0 saturated heterocycles. The first kappa shape index (κ1) is 16.5. The van der Waals surface area contributed by atoms with Crippen LogP contribution in [0, 0.1) is 0 Å². The van der Waals surface area contributed by atoms with E-state index in [0.29, 0.717) is 0 Å². The molecular weight excluding hydrogens is 254 g/mol. The Morgan fingerprint density at radius 1 is 0.667 bits per heavy atom. The van der Waals surface area contributed by atoms with Gasteiger partial charge in [-0.1, -0.05) is 77.6 Å². The Labute approximate surface area is 131 Å². The largest absolute Gasteiger partial charge is 0.298 e. The van der Waals surface area contributed by atoms with Crippen LogP contribution in [0.1, 0.15) is 90.2 Å². The van der Waals surface area contributed by atoms with E-state index in [4.69, 9.17) is 0 Å². The highest BCUT2D eigenvalue weighted by Crippen LogP contribution is 2.49. The van der Waals surface area contributed by atoms with E-state index in [1.807, 2.05) is 0 Å². The molecule has 0 fully saturated rings. The van der Waals surface area contributed by atoms with Crippen molar-refractivity contribution in [3.63, 3.8) is 0 Å². The predicted molar refractivity (Wildman–Crippen MR) is 92.6 cm³/mol. The highest BCUT2D eigenvalue weighted by Gasteiger charge is 2.49. The summed E-state index contributed by atoms with van der Waals surface area (Å²) in [7, 11) is 0. The van der Waals surface area contributed by atoms with Crippen molar-refractivity contribution < 1.29 is 0 Å². The number of fused-ring (bicyclic) bond motifs is 1. The molecule has 21 heavy (non-hydrogen) atoms. The van der Waals surface area contributed by atoms with Gasteiger partial charge in [0, 0.05) is 11.1 Å². The fourth-order valence-electron chi connectivity index (χ4n) is 4.66. The third-order valence-corrected chi connectivity index (χ3v) is 5.14. The van der Waals surface area contributed by atoms with Crippen LogP contribution in [0.15, 0.2) is 24.3 Å². The monoisotopic (exact) mass is 287 g/mol. The van der Waals surface area contributed by atoms with Crippen molar-refractivity contribution in [1.29, 1.82) is 0 Å². The Bertz CT molecular complexity index is 396. The summed E-state index contributed by atoms with van der Waals surface area (Å²) < 4.78 is 0. The van der Waals surface area contributed by atoms with Crippen LogP contribution in [0.4, 0.5) is 0 Å². The molecule has 0 spiro atoms. The Morgan fingerprint density at radius 2 is 1.00 bits per heavy atom. The zero-order valence-corrected chi connectivity index (χ0v) is 14.5. The minimum absolute atomic E-state index is 0.213. The van der Waals surface area contributed by atoms with Crippen molar-refractivity contribution >= 4 is 0 Å². The van der Waals surface area contributed by atoms with E-state index in [9.17, 15) is 0 Å². The molecule has 1 N–H and O–H groups in total. The maximum atomic E-state index is 4.19. The maximum absolute atomic E-state index is 4.19. The molecule has 0 saturated carbocycles. The molecule has 1 aliphatic rings. The lowest BCUT2D eigenvalue weighted by atomic mass is 9.80. The van der Waals surface area contributed by atoms with Gasteiger partial charge in [0.15, 0.2) is 0 Å². The van der Waals surface area contributed by atoms with Crippen LogP contribution < -0.4 is 5.32 Å². The van der Waals surface area contributed by atoms with Gasteiger partial charge in [0.05, 0.1) is 0 Å². The molecule has 1 aromatic carbocycles. The number of nitrogens with one attached hydrogen (secondary N) is 1. The summed E-state index contributed by atoms with van der Waals surface area (Å²) in [6.45, 7) is 9.28. The molecule has 0 aliphatic carbocycles. The van der Waals surface area contributed by atoms with Crippen LogP contribution in [-0.4, -0.2) is 0 Å². The van der Waals surface area contributed by atoms with Crippen molar-refractivity contribution in [3.05, 3.63) is 35.4 Å². The molecule has 0 amide bonds. The van der Waals surface area contributed by atoms with Crippen LogP contribution in [0.25, 0.3) is 0 Å². The molecule has 1 aliphatic heterocycles. The molecule has 1 heterocycles. The lowest BCUT2D eigenvalue weighted by Crippen LogP contribution is -2.47. The van der Waals surface area contributed by atoms with Gasteiger partial charge in [-0.3, -0.25) is 5.32 Å². The van der Waals surface area contributed by atoms with E-state index in [0.717, 1.165) is 0 Å². The van der Waals surface area contributed by atoms with Crippen molar-refractivity contribution in [2.24, 2.45) is 0 Å². The summed E-state index contributed by atoms with van der Waals surface area (Å²) in [4.78, 5) is 0. The second-order valence-corrected chi connectivity index (χ2v) is 6.83. The van der Waals surface area contributed by atoms with E-state index in [-0.39, 0.29) is 11.1 Å². The predicted octanol–water partition coefficient (Wildman–Crippen LogP) is 5.88. The maximum Gasteiger partial charge on any atom is 0.0444 e. The van der Waals surface area contributed by atoms with Crippen LogP contribution in [0.2, 0.25) is 0 Å². The molecular formula is C20H33N. The third-order valence-electron chi connectivity index (χ3n) is 5.14. The molecule has 118 valence electrons. The summed E-state index contributed by atoms with van der Waals surface area (Å²) in [6.07, 6.45) is 10.0. The number of benzene rings is 1. The van der Waals surface area contributed by atoms with E-state index in [2.05, 4.69) is 57.3 Å². The SMILES string of the molecule is CCCC1(CCC)NC(CCC)(CCC)c2ccccc21. The Hall–Kier alpha value is -0.820. The number of hydrogen-bond acceptors (Lipinski definition) is 1. The second kappa shape index (κ2) is 6.96. The smallest absolute Gasteiger partial charge is 0.0444 e. The molecule has 0 radical (unpaired) electrons. The van der Waals surface area contributed by atoms with E-state index < -0.39 is 0 Å². The quantitative estimate of drug-likeness (QED) is 0.629. The van der Waals surface area contributed by atoms with Gasteiger partial charge >= 0.3 is 0 Å². The zero-order chi connectivity index (χ0) is 15.3. The van der Waals surface area contributed by atoms with Gasteiger partial charge in [0.25, 0.3) is 0 Å². The van der Waals surface area contributed by atoms with Crippen molar-refractivity contribution in [3.8, 4) is 0 Å². The second-order valence-electron chi connectivity index (χ2n) is 6.83. The lowest BCUT2D eigenvalue weighted by Gasteiger charge is -2.37. The van der Waals surface area contributed by atoms with Gasteiger partial charge in [0.1, 0.15) is 0 Å². The fourth-order valence-corrected chi connectivity index (χ4v) is 4.66. The molecule has 1 heteroatoms. The van der Waals surface area contributed by atoms with Crippen LogP contribution in [0.5, 0.6) is 0 Å². The molecule has 2 rings (SSSR count). The van der Waals surface area contributed by atoms with E-state index in [1.165, 1.54) is 51.4 Å². The van der Waals surface area contributed by atoms with E-state index >= 15 is 0 Å². The molecule has 0 unspecified atom stereocenters. The standard InChI is InChI=1S/C20H33N/c1-5-13-19(14-6-2)17-11-9-10-12-18(17)20(21-19,15-7-3)16-8-4/h9-12,21H,5-8,13-16H2,1-4H3. The Balaban J connectivity index is 2.53. The Kier molecular flexibility index (Phi) is 5.48. The van der Waals surface area contributed by atoms with Gasteiger partial charge in [-0.25, -0.2) is 0 Å². The summed E-state index contributed by atoms with van der Waals surface area (Å²) in [6, 6.07) is 9.24. The van der Waals surface area contributed by atoms with Crippen molar-refractivity contribution in [1.82, 2.24) is 5.32 Å². The van der Waals surface area contributed by atoms with Gasteiger partial charge < -0.3 is 0 Å². The summed E-state index contributed by atoms with van der Waals surface area (Å²) in [5.74, 6) is 0. The van der Waals surface area contributed by atoms with Gasteiger partial charge in [-0.15, -0.1) is 0 Å². The summed E-state index contributed by atoms with van der Waals surface area (Å²) >= 11 is 0. The van der Waals surface area contributed by atoms with Gasteiger partial charge in [-0.2, -0.15) is 0 Å². The molecule has 0 bridgehead atoms. The summed E-state index contributed by atoms with van der Waals surface area (Å²) in [5.41, 5.74) is 3.61. The minimum Gasteiger partial charge on any atom is -0.298 e. The average Bonchev–Trinajstić information content (AvgIpc) is 2.72. The first-order valence-electron chi connectivity index (χ1n) is 9.07. The van der Waals surface area contributed by atoms with E-state index in [1.54, 1.807) is 11.1 Å². The molecule has 0 atom stereocenters. The fraction of sp³-hybridized carbons (Fsp3) is 0.700. The van der Waals surface area contributed by atoms with Crippen molar-refractivity contribution in [2.45, 2.75) is 90.1 Å². The average molecular weight is 287 g/mol. The first-order chi connectivity index (χ1) is 10.2. The van der Waals surface area contributed by atoms with Crippen LogP contribution in [0.3, 0.4) is 0 Å². The normalized spacial score (nSPS) is 18.7. The molecule has 1 nitrogen and oxygen atoms in total. The lowest BCUT2D eigenvalue weighted by molar-refractivity contribution is 0.191. The minimum atomic E-state index is 0.213.